The first-order chi connectivity index (χ1) is 7.00. The third-order valence-corrected chi connectivity index (χ3v) is 3.50. The Bertz CT molecular complexity index is 194. The quantitative estimate of drug-likeness (QED) is 0.757. The van der Waals surface area contributed by atoms with Crippen LogP contribution in [0.4, 0.5) is 0 Å². The van der Waals surface area contributed by atoms with Crippen LogP contribution in [0.1, 0.15) is 26.7 Å². The van der Waals surface area contributed by atoms with E-state index >= 15 is 0 Å². The summed E-state index contributed by atoms with van der Waals surface area (Å²) in [5.41, 5.74) is -0.00681. The second-order valence-corrected chi connectivity index (χ2v) is 5.51. The molecule has 1 rings (SSSR count). The van der Waals surface area contributed by atoms with Crippen molar-refractivity contribution in [3.05, 3.63) is 0 Å². The molecular weight excluding hydrogens is 188 g/mol. The summed E-state index contributed by atoms with van der Waals surface area (Å²) in [4.78, 5) is 4.68. The minimum absolute atomic E-state index is 0.00681. The molecule has 0 aliphatic carbocycles. The van der Waals surface area contributed by atoms with Gasteiger partial charge in [0.2, 0.25) is 0 Å². The smallest absolute Gasteiger partial charge is 0.0627 e. The topological polar surface area (TPSA) is 26.7 Å². The number of hydrogen-bond acceptors (Lipinski definition) is 3. The van der Waals surface area contributed by atoms with Crippen LogP contribution in [-0.4, -0.2) is 60.8 Å². The molecule has 90 valence electrons. The fourth-order valence-corrected chi connectivity index (χ4v) is 2.51. The lowest BCUT2D eigenvalue weighted by Crippen LogP contribution is -2.58. The molecule has 1 unspecified atom stereocenters. The van der Waals surface area contributed by atoms with Gasteiger partial charge in [0.1, 0.15) is 0 Å². The van der Waals surface area contributed by atoms with Crippen molar-refractivity contribution in [1.29, 1.82) is 0 Å². The second kappa shape index (κ2) is 5.28. The summed E-state index contributed by atoms with van der Waals surface area (Å²) in [5.74, 6) is 0.710. The lowest BCUT2D eigenvalue weighted by atomic mass is 9.88. The van der Waals surface area contributed by atoms with E-state index in [0.717, 1.165) is 19.5 Å². The number of likely N-dealkylation sites (N-methyl/N-ethyl adjacent to an activating group) is 1. The van der Waals surface area contributed by atoms with Gasteiger partial charge < -0.3 is 14.9 Å². The third-order valence-electron chi connectivity index (χ3n) is 3.50. The van der Waals surface area contributed by atoms with E-state index in [-0.39, 0.29) is 12.1 Å². The van der Waals surface area contributed by atoms with E-state index in [1.807, 2.05) is 0 Å². The summed E-state index contributed by atoms with van der Waals surface area (Å²) < 4.78 is 0. The molecule has 0 spiro atoms. The molecule has 1 heterocycles. The van der Waals surface area contributed by atoms with Gasteiger partial charge in [-0.3, -0.25) is 0 Å². The Morgan fingerprint density at radius 2 is 2.07 bits per heavy atom. The Morgan fingerprint density at radius 3 is 2.53 bits per heavy atom. The standard InChI is InChI=1S/C12H26N2O/c1-11(2)8-14-7-5-6-12(9-14,10-15)13(3)4/h11,15H,5-10H2,1-4H3. The fraction of sp³-hybridized carbons (Fsp3) is 1.00. The number of nitrogens with zero attached hydrogens (tertiary/aromatic N) is 2. The highest BCUT2D eigenvalue weighted by Crippen LogP contribution is 2.25. The van der Waals surface area contributed by atoms with E-state index in [2.05, 4.69) is 37.7 Å². The van der Waals surface area contributed by atoms with E-state index in [9.17, 15) is 5.11 Å². The normalized spacial score (nSPS) is 29.0. The van der Waals surface area contributed by atoms with Gasteiger partial charge in [-0.15, -0.1) is 0 Å². The number of aliphatic hydroxyl groups excluding tert-OH is 1. The van der Waals surface area contributed by atoms with Crippen LogP contribution in [0.25, 0.3) is 0 Å². The first-order valence-electron chi connectivity index (χ1n) is 6.01. The average molecular weight is 214 g/mol. The molecule has 0 amide bonds. The first kappa shape index (κ1) is 12.9. The number of hydrogen-bond donors (Lipinski definition) is 1. The van der Waals surface area contributed by atoms with Crippen molar-refractivity contribution in [2.45, 2.75) is 32.2 Å². The van der Waals surface area contributed by atoms with Gasteiger partial charge in [-0.05, 0) is 39.4 Å². The molecule has 1 saturated heterocycles. The zero-order valence-corrected chi connectivity index (χ0v) is 10.7. The van der Waals surface area contributed by atoms with Crippen molar-refractivity contribution in [3.8, 4) is 0 Å². The van der Waals surface area contributed by atoms with Crippen LogP contribution in [0, 0.1) is 5.92 Å². The number of likely N-dealkylation sites (tertiary alicyclic amines) is 1. The van der Waals surface area contributed by atoms with Gasteiger partial charge in [-0.1, -0.05) is 13.8 Å². The predicted molar refractivity (Wildman–Crippen MR) is 64.0 cm³/mol. The summed E-state index contributed by atoms with van der Waals surface area (Å²) in [5, 5.41) is 9.60. The highest BCUT2D eigenvalue weighted by Gasteiger charge is 2.36. The summed E-state index contributed by atoms with van der Waals surface area (Å²) in [6, 6.07) is 0. The van der Waals surface area contributed by atoms with Crippen molar-refractivity contribution in [2.24, 2.45) is 5.92 Å². The van der Waals surface area contributed by atoms with Gasteiger partial charge in [0.05, 0.1) is 12.1 Å². The molecule has 0 bridgehead atoms. The molecule has 0 aromatic heterocycles. The fourth-order valence-electron chi connectivity index (χ4n) is 2.51. The van der Waals surface area contributed by atoms with Crippen LogP contribution in [-0.2, 0) is 0 Å². The van der Waals surface area contributed by atoms with Gasteiger partial charge in [0.15, 0.2) is 0 Å². The van der Waals surface area contributed by atoms with Crippen molar-refractivity contribution < 1.29 is 5.11 Å². The molecule has 1 atom stereocenters. The van der Waals surface area contributed by atoms with Crippen molar-refractivity contribution in [2.75, 3.05) is 40.3 Å². The van der Waals surface area contributed by atoms with Crippen molar-refractivity contribution in [1.82, 2.24) is 9.80 Å². The van der Waals surface area contributed by atoms with Crippen LogP contribution in [0.2, 0.25) is 0 Å². The molecule has 0 saturated carbocycles. The maximum absolute atomic E-state index is 9.60. The number of rotatable bonds is 4. The van der Waals surface area contributed by atoms with Crippen LogP contribution in [0.15, 0.2) is 0 Å². The second-order valence-electron chi connectivity index (χ2n) is 5.51. The Morgan fingerprint density at radius 1 is 1.40 bits per heavy atom. The largest absolute Gasteiger partial charge is 0.394 e. The molecule has 0 radical (unpaired) electrons. The SMILES string of the molecule is CC(C)CN1CCCC(CO)(N(C)C)C1. The van der Waals surface area contributed by atoms with Crippen LogP contribution >= 0.6 is 0 Å². The van der Waals surface area contributed by atoms with Crippen LogP contribution < -0.4 is 0 Å². The maximum Gasteiger partial charge on any atom is 0.0627 e. The molecule has 1 N–H and O–H groups in total. The maximum atomic E-state index is 9.60. The van der Waals surface area contributed by atoms with Gasteiger partial charge in [0.25, 0.3) is 0 Å². The molecule has 0 aromatic carbocycles. The van der Waals surface area contributed by atoms with Crippen molar-refractivity contribution in [3.63, 3.8) is 0 Å². The first-order valence-corrected chi connectivity index (χ1v) is 6.01. The molecule has 3 nitrogen and oxygen atoms in total. The van der Waals surface area contributed by atoms with E-state index in [1.54, 1.807) is 0 Å². The molecule has 1 aliphatic heterocycles. The lowest BCUT2D eigenvalue weighted by Gasteiger charge is -2.46. The average Bonchev–Trinajstić information content (AvgIpc) is 2.16. The van der Waals surface area contributed by atoms with Gasteiger partial charge in [-0.2, -0.15) is 0 Å². The summed E-state index contributed by atoms with van der Waals surface area (Å²) in [6.07, 6.45) is 2.32. The summed E-state index contributed by atoms with van der Waals surface area (Å²) >= 11 is 0. The number of aliphatic hydroxyl groups is 1. The minimum atomic E-state index is -0.00681. The molecular formula is C12H26N2O. The van der Waals surface area contributed by atoms with Crippen LogP contribution in [0.5, 0.6) is 0 Å². The molecule has 1 aliphatic rings. The predicted octanol–water partition coefficient (Wildman–Crippen LogP) is 1.03. The molecule has 1 fully saturated rings. The minimum Gasteiger partial charge on any atom is -0.394 e. The number of piperidine rings is 1. The highest BCUT2D eigenvalue weighted by atomic mass is 16.3. The van der Waals surface area contributed by atoms with Crippen molar-refractivity contribution >= 4 is 0 Å². The Labute approximate surface area is 94.1 Å². The summed E-state index contributed by atoms with van der Waals surface area (Å²) in [6.45, 7) is 8.13. The Kier molecular flexibility index (Phi) is 4.56. The zero-order chi connectivity index (χ0) is 11.5. The van der Waals surface area contributed by atoms with E-state index in [4.69, 9.17) is 0 Å². The Balaban J connectivity index is 2.60. The molecule has 3 heteroatoms. The summed E-state index contributed by atoms with van der Waals surface area (Å²) in [7, 11) is 4.16. The van der Waals surface area contributed by atoms with Gasteiger partial charge in [0, 0.05) is 13.1 Å². The molecule has 0 aromatic rings. The molecule has 15 heavy (non-hydrogen) atoms. The van der Waals surface area contributed by atoms with E-state index in [1.165, 1.54) is 13.0 Å². The third kappa shape index (κ3) is 3.16. The van der Waals surface area contributed by atoms with Gasteiger partial charge >= 0.3 is 0 Å². The highest BCUT2D eigenvalue weighted by molar-refractivity contribution is 4.94. The van der Waals surface area contributed by atoms with Crippen LogP contribution in [0.3, 0.4) is 0 Å². The van der Waals surface area contributed by atoms with E-state index < -0.39 is 0 Å². The zero-order valence-electron chi connectivity index (χ0n) is 10.7. The Hall–Kier alpha value is -0.120. The lowest BCUT2D eigenvalue weighted by molar-refractivity contribution is -0.00331. The van der Waals surface area contributed by atoms with Gasteiger partial charge in [-0.25, -0.2) is 0 Å². The monoisotopic (exact) mass is 214 g/mol. The van der Waals surface area contributed by atoms with E-state index in [0.29, 0.717) is 5.92 Å².